The van der Waals surface area contributed by atoms with Crippen LogP contribution in [0.15, 0.2) is 47.5 Å². The van der Waals surface area contributed by atoms with E-state index in [1.807, 2.05) is 0 Å². The van der Waals surface area contributed by atoms with Crippen molar-refractivity contribution >= 4 is 52.5 Å². The Balaban J connectivity index is 1.89. The summed E-state index contributed by atoms with van der Waals surface area (Å²) in [6.45, 7) is 0. The molecule has 0 N–H and O–H groups in total. The molecule has 28 heavy (non-hydrogen) atoms. The lowest BCUT2D eigenvalue weighted by atomic mass is 10.1. The Kier molecular flexibility index (Phi) is 5.58. The molecule has 0 aromatic heterocycles. The molecule has 0 spiro atoms. The summed E-state index contributed by atoms with van der Waals surface area (Å²) in [5.41, 5.74) is 1.56. The van der Waals surface area contributed by atoms with Crippen molar-refractivity contribution in [2.24, 2.45) is 0 Å². The Morgan fingerprint density at radius 3 is 1.54 bits per heavy atom. The zero-order valence-electron chi connectivity index (χ0n) is 14.2. The van der Waals surface area contributed by atoms with Gasteiger partial charge in [0.25, 0.3) is 11.4 Å². The maximum atomic E-state index is 12.6. The van der Waals surface area contributed by atoms with Gasteiger partial charge in [0.1, 0.15) is 10.0 Å². The average molecular weight is 419 g/mol. The van der Waals surface area contributed by atoms with E-state index in [4.69, 9.17) is 23.2 Å². The number of ketones is 1. The van der Waals surface area contributed by atoms with Gasteiger partial charge in [-0.25, -0.2) is 0 Å². The molecule has 3 rings (SSSR count). The standard InChI is InChI=1S/C19H12Cl2N2O5/c20-15-5-1-11(9-17(15)22(25)26)7-13-3-4-14(19(13)24)8-12-2-6-16(21)18(10-12)23(27)28/h1-2,5-10H,3-4H2/b13-7+,14-8+. The summed E-state index contributed by atoms with van der Waals surface area (Å²) in [7, 11) is 0. The van der Waals surface area contributed by atoms with Gasteiger partial charge in [-0.05, 0) is 48.3 Å². The van der Waals surface area contributed by atoms with Gasteiger partial charge < -0.3 is 0 Å². The Morgan fingerprint density at radius 1 is 0.786 bits per heavy atom. The van der Waals surface area contributed by atoms with Crippen LogP contribution in [-0.4, -0.2) is 15.6 Å². The third kappa shape index (κ3) is 4.11. The quantitative estimate of drug-likeness (QED) is 0.362. The fourth-order valence-electron chi connectivity index (χ4n) is 2.90. The summed E-state index contributed by atoms with van der Waals surface area (Å²) < 4.78 is 0. The van der Waals surface area contributed by atoms with E-state index in [0.29, 0.717) is 35.1 Å². The van der Waals surface area contributed by atoms with Crippen LogP contribution in [0.25, 0.3) is 12.2 Å². The van der Waals surface area contributed by atoms with Crippen LogP contribution in [0.5, 0.6) is 0 Å². The minimum atomic E-state index is -0.584. The summed E-state index contributed by atoms with van der Waals surface area (Å²) in [5, 5.41) is 22.0. The molecule has 142 valence electrons. The lowest BCUT2D eigenvalue weighted by Crippen LogP contribution is -1.96. The summed E-state index contributed by atoms with van der Waals surface area (Å²) >= 11 is 11.6. The predicted octanol–water partition coefficient (Wildman–Crippen LogP) is 5.64. The van der Waals surface area contributed by atoms with Crippen LogP contribution >= 0.6 is 23.2 Å². The maximum absolute atomic E-state index is 12.6. The van der Waals surface area contributed by atoms with Crippen LogP contribution in [0.1, 0.15) is 24.0 Å². The summed E-state index contributed by atoms with van der Waals surface area (Å²) in [4.78, 5) is 33.5. The van der Waals surface area contributed by atoms with Gasteiger partial charge in [0.15, 0.2) is 5.78 Å². The Morgan fingerprint density at radius 2 is 1.18 bits per heavy atom. The molecule has 2 aromatic carbocycles. The summed E-state index contributed by atoms with van der Waals surface area (Å²) in [5.74, 6) is -0.199. The highest BCUT2D eigenvalue weighted by atomic mass is 35.5. The second kappa shape index (κ2) is 7.92. The molecule has 0 unspecified atom stereocenters. The first-order valence-corrected chi connectivity index (χ1v) is 8.85. The van der Waals surface area contributed by atoms with Crippen molar-refractivity contribution in [1.29, 1.82) is 0 Å². The van der Waals surface area contributed by atoms with Gasteiger partial charge in [-0.15, -0.1) is 0 Å². The molecule has 0 aliphatic heterocycles. The van der Waals surface area contributed by atoms with Crippen LogP contribution in [-0.2, 0) is 4.79 Å². The molecule has 1 saturated carbocycles. The van der Waals surface area contributed by atoms with E-state index < -0.39 is 9.85 Å². The Bertz CT molecular complexity index is 992. The van der Waals surface area contributed by atoms with Crippen LogP contribution in [0, 0.1) is 20.2 Å². The van der Waals surface area contributed by atoms with Crippen LogP contribution < -0.4 is 0 Å². The minimum absolute atomic E-state index is 0.0230. The molecular formula is C19H12Cl2N2O5. The predicted molar refractivity (Wildman–Crippen MR) is 106 cm³/mol. The molecular weight excluding hydrogens is 407 g/mol. The number of halogens is 2. The van der Waals surface area contributed by atoms with Crippen LogP contribution in [0.4, 0.5) is 11.4 Å². The fourth-order valence-corrected chi connectivity index (χ4v) is 3.27. The van der Waals surface area contributed by atoms with Gasteiger partial charge in [-0.2, -0.15) is 0 Å². The van der Waals surface area contributed by atoms with Crippen molar-refractivity contribution in [3.05, 3.63) is 88.9 Å². The van der Waals surface area contributed by atoms with Crippen molar-refractivity contribution in [3.8, 4) is 0 Å². The molecule has 2 aromatic rings. The highest BCUT2D eigenvalue weighted by Crippen LogP contribution is 2.33. The van der Waals surface area contributed by atoms with Crippen molar-refractivity contribution < 1.29 is 14.6 Å². The third-order valence-corrected chi connectivity index (χ3v) is 4.90. The van der Waals surface area contributed by atoms with Crippen molar-refractivity contribution in [3.63, 3.8) is 0 Å². The second-order valence-corrected chi connectivity index (χ2v) is 6.92. The number of nitro benzene ring substituents is 2. The smallest absolute Gasteiger partial charge is 0.288 e. The largest absolute Gasteiger partial charge is 0.289 e. The summed E-state index contributed by atoms with van der Waals surface area (Å²) in [6.07, 6.45) is 4.13. The lowest BCUT2D eigenvalue weighted by Gasteiger charge is -2.00. The first-order chi connectivity index (χ1) is 13.3. The van der Waals surface area contributed by atoms with Gasteiger partial charge in [-0.1, -0.05) is 35.3 Å². The number of Topliss-reactive ketones (excluding diaryl/α,β-unsaturated/α-hetero) is 1. The van der Waals surface area contributed by atoms with Crippen molar-refractivity contribution in [2.45, 2.75) is 12.8 Å². The number of benzene rings is 2. The molecule has 0 amide bonds. The van der Waals surface area contributed by atoms with E-state index in [2.05, 4.69) is 0 Å². The maximum Gasteiger partial charge on any atom is 0.288 e. The van der Waals surface area contributed by atoms with Gasteiger partial charge in [-0.3, -0.25) is 25.0 Å². The molecule has 1 aliphatic carbocycles. The normalized spacial score (nSPS) is 16.7. The number of carbonyl (C=O) groups is 1. The lowest BCUT2D eigenvalue weighted by molar-refractivity contribution is -0.384. The number of carbonyl (C=O) groups excluding carboxylic acids is 1. The monoisotopic (exact) mass is 418 g/mol. The van der Waals surface area contributed by atoms with E-state index in [9.17, 15) is 25.0 Å². The number of allylic oxidation sites excluding steroid dienone is 2. The number of nitro groups is 2. The SMILES string of the molecule is O=C1/C(=C/c2ccc(Cl)c([N+](=O)[O-])c2)CC/C1=C\c1ccc(Cl)c([N+](=O)[O-])c1. The average Bonchev–Trinajstić information content (AvgIpc) is 2.97. The molecule has 0 bridgehead atoms. The van der Waals surface area contributed by atoms with E-state index >= 15 is 0 Å². The van der Waals surface area contributed by atoms with Crippen LogP contribution in [0.2, 0.25) is 10.0 Å². The van der Waals surface area contributed by atoms with E-state index in [1.165, 1.54) is 24.3 Å². The molecule has 0 radical (unpaired) electrons. The van der Waals surface area contributed by atoms with Crippen molar-refractivity contribution in [1.82, 2.24) is 0 Å². The Labute approximate surface area is 169 Å². The highest BCUT2D eigenvalue weighted by Gasteiger charge is 2.24. The van der Waals surface area contributed by atoms with Gasteiger partial charge in [0, 0.05) is 23.3 Å². The first-order valence-electron chi connectivity index (χ1n) is 8.10. The zero-order valence-corrected chi connectivity index (χ0v) is 15.7. The minimum Gasteiger partial charge on any atom is -0.289 e. The number of hydrogen-bond donors (Lipinski definition) is 0. The van der Waals surface area contributed by atoms with Gasteiger partial charge in [0.05, 0.1) is 9.85 Å². The molecule has 1 fully saturated rings. The molecule has 0 atom stereocenters. The van der Waals surface area contributed by atoms with Gasteiger partial charge in [0.2, 0.25) is 0 Å². The first kappa shape index (κ1) is 19.7. The molecule has 1 aliphatic rings. The number of hydrogen-bond acceptors (Lipinski definition) is 5. The molecule has 0 heterocycles. The van der Waals surface area contributed by atoms with Gasteiger partial charge >= 0.3 is 0 Å². The molecule has 7 nitrogen and oxygen atoms in total. The van der Waals surface area contributed by atoms with E-state index in [-0.39, 0.29) is 27.2 Å². The fraction of sp³-hybridized carbons (Fsp3) is 0.105. The van der Waals surface area contributed by atoms with Crippen LogP contribution in [0.3, 0.4) is 0 Å². The van der Waals surface area contributed by atoms with E-state index in [1.54, 1.807) is 24.3 Å². The van der Waals surface area contributed by atoms with E-state index in [0.717, 1.165) is 0 Å². The number of rotatable bonds is 4. The summed E-state index contributed by atoms with van der Waals surface area (Å²) in [6, 6.07) is 8.64. The molecule has 9 heteroatoms. The number of nitrogens with zero attached hydrogens (tertiary/aromatic N) is 2. The molecule has 0 saturated heterocycles. The second-order valence-electron chi connectivity index (χ2n) is 6.10. The highest BCUT2D eigenvalue weighted by molar-refractivity contribution is 6.33. The zero-order chi connectivity index (χ0) is 20.4. The third-order valence-electron chi connectivity index (χ3n) is 4.26. The Hall–Kier alpha value is -3.03. The topological polar surface area (TPSA) is 103 Å². The van der Waals surface area contributed by atoms with Crippen molar-refractivity contribution in [2.75, 3.05) is 0 Å².